The van der Waals surface area contributed by atoms with Crippen LogP contribution in [0, 0.1) is 6.92 Å². The molecule has 3 rings (SSSR count). The number of aliphatic hydroxyl groups is 1. The predicted octanol–water partition coefficient (Wildman–Crippen LogP) is 3.09. The number of rotatable bonds is 3. The standard InChI is InChI=1S/C17H14Cl2N2O5/c1-8-20-21(17(25)26-8)7-10-11(18)6-5-9(15(10)19)16(24)14-12(22)3-2-4-13(14)23/h5-6,24H,2-4,7H2,1H3. The first-order valence-electron chi connectivity index (χ1n) is 7.81. The van der Waals surface area contributed by atoms with Crippen LogP contribution in [-0.2, 0) is 16.1 Å². The molecular weight excluding hydrogens is 383 g/mol. The number of hydrogen-bond donors (Lipinski definition) is 1. The molecule has 1 aliphatic rings. The molecule has 0 bridgehead atoms. The normalized spacial score (nSPS) is 14.8. The van der Waals surface area contributed by atoms with E-state index in [-0.39, 0.29) is 46.5 Å². The van der Waals surface area contributed by atoms with E-state index in [0.29, 0.717) is 12.0 Å². The molecule has 0 unspecified atom stereocenters. The Morgan fingerprint density at radius 2 is 1.88 bits per heavy atom. The van der Waals surface area contributed by atoms with Gasteiger partial charge < -0.3 is 9.52 Å². The topological polar surface area (TPSA) is 102 Å². The third kappa shape index (κ3) is 3.32. The number of benzene rings is 1. The summed E-state index contributed by atoms with van der Waals surface area (Å²) in [4.78, 5) is 35.8. The number of ketones is 2. The van der Waals surface area contributed by atoms with Gasteiger partial charge in [0.25, 0.3) is 0 Å². The number of Topliss-reactive ketones (excluding diaryl/α,β-unsaturated/α-hetero) is 2. The Balaban J connectivity index is 2.10. The van der Waals surface area contributed by atoms with Crippen LogP contribution in [0.25, 0.3) is 5.76 Å². The fourth-order valence-electron chi connectivity index (χ4n) is 2.80. The number of hydrogen-bond acceptors (Lipinski definition) is 6. The Morgan fingerprint density at radius 1 is 1.23 bits per heavy atom. The molecule has 1 heterocycles. The SMILES string of the molecule is Cc1nn(Cc2c(Cl)ccc(C(O)=C3C(=O)CCCC3=O)c2Cl)c(=O)o1. The number of nitrogens with zero attached hydrogens (tertiary/aromatic N) is 2. The fraction of sp³-hybridized carbons (Fsp3) is 0.294. The van der Waals surface area contributed by atoms with Gasteiger partial charge in [-0.2, -0.15) is 4.68 Å². The average Bonchev–Trinajstić information content (AvgIpc) is 2.88. The zero-order chi connectivity index (χ0) is 19.0. The summed E-state index contributed by atoms with van der Waals surface area (Å²) in [6.07, 6.45) is 0.843. The van der Waals surface area contributed by atoms with Crippen LogP contribution >= 0.6 is 23.2 Å². The van der Waals surface area contributed by atoms with Gasteiger partial charge in [-0.05, 0) is 18.6 Å². The molecule has 7 nitrogen and oxygen atoms in total. The van der Waals surface area contributed by atoms with Crippen LogP contribution in [0.15, 0.2) is 26.9 Å². The molecule has 0 spiro atoms. The van der Waals surface area contributed by atoms with E-state index in [1.807, 2.05) is 0 Å². The van der Waals surface area contributed by atoms with E-state index in [2.05, 4.69) is 5.10 Å². The first-order valence-corrected chi connectivity index (χ1v) is 8.56. The minimum Gasteiger partial charge on any atom is -0.506 e. The van der Waals surface area contributed by atoms with Crippen molar-refractivity contribution in [3.63, 3.8) is 0 Å². The lowest BCUT2D eigenvalue weighted by Crippen LogP contribution is -2.21. The van der Waals surface area contributed by atoms with E-state index in [1.54, 1.807) is 0 Å². The largest absolute Gasteiger partial charge is 0.506 e. The maximum Gasteiger partial charge on any atom is 0.437 e. The maximum absolute atomic E-state index is 12.0. The van der Waals surface area contributed by atoms with E-state index < -0.39 is 23.1 Å². The number of aliphatic hydroxyl groups excluding tert-OH is 1. The first-order chi connectivity index (χ1) is 12.3. The molecule has 0 saturated heterocycles. The second-order valence-corrected chi connectivity index (χ2v) is 6.64. The van der Waals surface area contributed by atoms with Gasteiger partial charge in [-0.3, -0.25) is 9.59 Å². The number of carbonyl (C=O) groups excluding carboxylic acids is 2. The van der Waals surface area contributed by atoms with Gasteiger partial charge in [-0.15, -0.1) is 5.10 Å². The Kier molecular flexibility index (Phi) is 5.02. The van der Waals surface area contributed by atoms with Crippen LogP contribution < -0.4 is 5.76 Å². The quantitative estimate of drug-likeness (QED) is 0.485. The molecule has 2 aromatic rings. The van der Waals surface area contributed by atoms with Crippen molar-refractivity contribution in [3.05, 3.63) is 55.3 Å². The zero-order valence-electron chi connectivity index (χ0n) is 13.7. The smallest absolute Gasteiger partial charge is 0.437 e. The predicted molar refractivity (Wildman–Crippen MR) is 94.5 cm³/mol. The maximum atomic E-state index is 12.0. The summed E-state index contributed by atoms with van der Waals surface area (Å²) >= 11 is 12.5. The highest BCUT2D eigenvalue weighted by Gasteiger charge is 2.29. The molecule has 1 aromatic heterocycles. The molecule has 0 aliphatic heterocycles. The van der Waals surface area contributed by atoms with Crippen molar-refractivity contribution in [1.29, 1.82) is 0 Å². The van der Waals surface area contributed by atoms with E-state index in [9.17, 15) is 19.5 Å². The molecule has 1 aromatic carbocycles. The van der Waals surface area contributed by atoms with Crippen LogP contribution in [0.2, 0.25) is 10.0 Å². The van der Waals surface area contributed by atoms with Gasteiger partial charge in [0.05, 0.1) is 11.6 Å². The number of aryl methyl sites for hydroxylation is 1. The summed E-state index contributed by atoms with van der Waals surface area (Å²) in [7, 11) is 0. The lowest BCUT2D eigenvalue weighted by Gasteiger charge is -2.16. The molecule has 1 N–H and O–H groups in total. The third-order valence-electron chi connectivity index (χ3n) is 4.06. The number of halogens is 2. The van der Waals surface area contributed by atoms with Crippen molar-refractivity contribution in [2.45, 2.75) is 32.7 Å². The molecular formula is C17H14Cl2N2O5. The van der Waals surface area contributed by atoms with E-state index in [1.165, 1.54) is 19.1 Å². The van der Waals surface area contributed by atoms with Crippen molar-refractivity contribution >= 4 is 40.5 Å². The van der Waals surface area contributed by atoms with Crippen molar-refractivity contribution in [1.82, 2.24) is 9.78 Å². The van der Waals surface area contributed by atoms with E-state index in [4.69, 9.17) is 27.6 Å². The lowest BCUT2D eigenvalue weighted by atomic mass is 9.89. The summed E-state index contributed by atoms with van der Waals surface area (Å²) in [5.74, 6) is -1.82. The van der Waals surface area contributed by atoms with Gasteiger partial charge in [-0.1, -0.05) is 23.2 Å². The highest BCUT2D eigenvalue weighted by molar-refractivity contribution is 6.37. The van der Waals surface area contributed by atoms with Gasteiger partial charge in [-0.25, -0.2) is 4.79 Å². The Hall–Kier alpha value is -2.38. The van der Waals surface area contributed by atoms with Crippen LogP contribution in [0.1, 0.15) is 36.3 Å². The molecule has 1 aliphatic carbocycles. The first kappa shape index (κ1) is 18.4. The minimum atomic E-state index is -0.680. The van der Waals surface area contributed by atoms with Crippen molar-refractivity contribution in [3.8, 4) is 0 Å². The molecule has 0 radical (unpaired) electrons. The fourth-order valence-corrected chi connectivity index (χ4v) is 3.38. The number of aromatic nitrogens is 2. The van der Waals surface area contributed by atoms with Crippen LogP contribution in [0.5, 0.6) is 0 Å². The lowest BCUT2D eigenvalue weighted by molar-refractivity contribution is -0.123. The van der Waals surface area contributed by atoms with Gasteiger partial charge in [0, 0.05) is 35.9 Å². The van der Waals surface area contributed by atoms with Crippen LogP contribution in [0.4, 0.5) is 0 Å². The van der Waals surface area contributed by atoms with Gasteiger partial charge in [0.2, 0.25) is 5.89 Å². The molecule has 1 saturated carbocycles. The molecule has 136 valence electrons. The van der Waals surface area contributed by atoms with Crippen LogP contribution in [0.3, 0.4) is 0 Å². The Labute approximate surface area is 157 Å². The summed E-state index contributed by atoms with van der Waals surface area (Å²) < 4.78 is 5.86. The zero-order valence-corrected chi connectivity index (χ0v) is 15.2. The van der Waals surface area contributed by atoms with Gasteiger partial charge in [0.1, 0.15) is 11.3 Å². The summed E-state index contributed by atoms with van der Waals surface area (Å²) in [5, 5.41) is 14.7. The molecule has 9 heteroatoms. The summed E-state index contributed by atoms with van der Waals surface area (Å²) in [6, 6.07) is 2.88. The second kappa shape index (κ2) is 7.09. The van der Waals surface area contributed by atoms with E-state index in [0.717, 1.165) is 4.68 Å². The second-order valence-electron chi connectivity index (χ2n) is 5.86. The molecule has 1 fully saturated rings. The highest BCUT2D eigenvalue weighted by atomic mass is 35.5. The van der Waals surface area contributed by atoms with Gasteiger partial charge >= 0.3 is 5.76 Å². The van der Waals surface area contributed by atoms with Crippen LogP contribution in [-0.4, -0.2) is 26.5 Å². The summed E-state index contributed by atoms with van der Waals surface area (Å²) in [5.41, 5.74) is 0.155. The number of allylic oxidation sites excluding steroid dienone is 1. The van der Waals surface area contributed by atoms with Crippen molar-refractivity contribution in [2.24, 2.45) is 0 Å². The average molecular weight is 397 g/mol. The highest BCUT2D eigenvalue weighted by Crippen LogP contribution is 2.34. The summed E-state index contributed by atoms with van der Waals surface area (Å²) in [6.45, 7) is 1.43. The monoisotopic (exact) mass is 396 g/mol. The van der Waals surface area contributed by atoms with Crippen molar-refractivity contribution in [2.75, 3.05) is 0 Å². The van der Waals surface area contributed by atoms with Gasteiger partial charge in [0.15, 0.2) is 11.6 Å². The molecule has 26 heavy (non-hydrogen) atoms. The Morgan fingerprint density at radius 3 is 2.46 bits per heavy atom. The Bertz CT molecular complexity index is 985. The molecule has 0 amide bonds. The molecule has 0 atom stereocenters. The third-order valence-corrected chi connectivity index (χ3v) is 4.84. The number of carbonyl (C=O) groups is 2. The van der Waals surface area contributed by atoms with Crippen molar-refractivity contribution < 1.29 is 19.1 Å². The van der Waals surface area contributed by atoms with E-state index >= 15 is 0 Å². The minimum absolute atomic E-state index is 0.0289.